The summed E-state index contributed by atoms with van der Waals surface area (Å²) in [5, 5.41) is 0. The predicted octanol–water partition coefficient (Wildman–Crippen LogP) is 3.97. The number of hydrogen-bond donors (Lipinski definition) is 0. The molecule has 0 spiro atoms. The minimum Gasteiger partial charge on any atom is -0.469 e. The molecule has 0 radical (unpaired) electrons. The third-order valence-corrected chi connectivity index (χ3v) is 7.32. The van der Waals surface area contributed by atoms with E-state index in [9.17, 15) is 4.79 Å². The molecule has 4 unspecified atom stereocenters. The van der Waals surface area contributed by atoms with Gasteiger partial charge in [-0.2, -0.15) is 0 Å². The van der Waals surface area contributed by atoms with Crippen molar-refractivity contribution in [2.24, 2.45) is 34.5 Å². The standard InChI is InChI=1S/C21H32O4/c1-12-8-20(4)9-13(2)17-16(18(20)19(22)24-7)15(25-11-23-6)10-21(17,5)14(12)3/h8-9,14-18H,10-11H2,1-7H3/b12-8-/t14-,15+,16?,17?,18?,20?,21-/m0/s1. The largest absolute Gasteiger partial charge is 0.469 e. The first-order chi connectivity index (χ1) is 11.7. The number of esters is 1. The first-order valence-corrected chi connectivity index (χ1v) is 9.26. The molecule has 0 heterocycles. The molecule has 4 nitrogen and oxygen atoms in total. The Hall–Kier alpha value is -1.13. The summed E-state index contributed by atoms with van der Waals surface area (Å²) >= 11 is 0. The molecule has 0 saturated heterocycles. The molecule has 140 valence electrons. The fourth-order valence-corrected chi connectivity index (χ4v) is 6.24. The van der Waals surface area contributed by atoms with Crippen LogP contribution in [0.25, 0.3) is 0 Å². The van der Waals surface area contributed by atoms with E-state index in [2.05, 4.69) is 46.8 Å². The summed E-state index contributed by atoms with van der Waals surface area (Å²) in [4.78, 5) is 12.9. The maximum absolute atomic E-state index is 12.9. The molecule has 0 aromatic rings. The lowest BCUT2D eigenvalue weighted by molar-refractivity contribution is -0.158. The van der Waals surface area contributed by atoms with Gasteiger partial charge in [0.2, 0.25) is 0 Å². The van der Waals surface area contributed by atoms with E-state index < -0.39 is 0 Å². The summed E-state index contributed by atoms with van der Waals surface area (Å²) in [7, 11) is 3.14. The lowest BCUT2D eigenvalue weighted by Gasteiger charge is -2.51. The highest BCUT2D eigenvalue weighted by atomic mass is 16.7. The Kier molecular flexibility index (Phi) is 4.66. The maximum Gasteiger partial charge on any atom is 0.310 e. The number of rotatable bonds is 4. The number of fused-ring (bicyclic) bond motifs is 1. The second-order valence-corrected chi connectivity index (χ2v) is 8.74. The zero-order valence-corrected chi connectivity index (χ0v) is 16.6. The smallest absolute Gasteiger partial charge is 0.310 e. The van der Waals surface area contributed by atoms with E-state index in [-0.39, 0.29) is 41.5 Å². The monoisotopic (exact) mass is 348 g/mol. The van der Waals surface area contributed by atoms with Crippen molar-refractivity contribution in [2.45, 2.75) is 47.1 Å². The van der Waals surface area contributed by atoms with Gasteiger partial charge in [0.05, 0.1) is 19.1 Å². The molecule has 25 heavy (non-hydrogen) atoms. The van der Waals surface area contributed by atoms with Crippen molar-refractivity contribution in [3.63, 3.8) is 0 Å². The Balaban J connectivity index is 2.21. The molecule has 4 aliphatic rings. The van der Waals surface area contributed by atoms with Gasteiger partial charge in [-0.05, 0) is 37.5 Å². The van der Waals surface area contributed by atoms with Crippen molar-refractivity contribution in [1.82, 2.24) is 0 Å². The van der Waals surface area contributed by atoms with Crippen LogP contribution in [-0.4, -0.2) is 33.1 Å². The van der Waals surface area contributed by atoms with Gasteiger partial charge in [0.25, 0.3) is 0 Å². The van der Waals surface area contributed by atoms with E-state index in [4.69, 9.17) is 14.2 Å². The number of hydrogen-bond acceptors (Lipinski definition) is 4. The second-order valence-electron chi connectivity index (χ2n) is 8.74. The summed E-state index contributed by atoms with van der Waals surface area (Å²) in [5.41, 5.74) is 2.47. The molecule has 0 aromatic heterocycles. The fourth-order valence-electron chi connectivity index (χ4n) is 6.24. The summed E-state index contributed by atoms with van der Waals surface area (Å²) in [6, 6.07) is 0. The van der Waals surface area contributed by atoms with Crippen molar-refractivity contribution < 1.29 is 19.0 Å². The van der Waals surface area contributed by atoms with Crippen LogP contribution in [0.4, 0.5) is 0 Å². The highest BCUT2D eigenvalue weighted by molar-refractivity contribution is 5.76. The minimum atomic E-state index is -0.336. The SMILES string of the molecule is COCO[C@@H]1C[C@]2(C)C3C(C)=CC(C)(/C=C(/C)[C@@H]2C)C(C(=O)OC)C31. The van der Waals surface area contributed by atoms with E-state index in [0.717, 1.165) is 6.42 Å². The molecule has 0 aromatic carbocycles. The molecule has 1 saturated carbocycles. The molecule has 4 rings (SSSR count). The van der Waals surface area contributed by atoms with E-state index in [1.165, 1.54) is 18.3 Å². The Bertz CT molecular complexity index is 621. The van der Waals surface area contributed by atoms with Crippen molar-refractivity contribution in [3.8, 4) is 0 Å². The molecule has 4 aliphatic carbocycles. The van der Waals surface area contributed by atoms with E-state index in [1.54, 1.807) is 7.11 Å². The van der Waals surface area contributed by atoms with Gasteiger partial charge in [0.1, 0.15) is 6.79 Å². The third-order valence-electron chi connectivity index (χ3n) is 7.32. The van der Waals surface area contributed by atoms with Crippen LogP contribution in [0.5, 0.6) is 0 Å². The lowest BCUT2D eigenvalue weighted by Crippen LogP contribution is -2.50. The normalized spacial score (nSPS) is 47.6. The zero-order chi connectivity index (χ0) is 18.6. The fraction of sp³-hybridized carbons (Fsp3) is 0.762. The molecular weight excluding hydrogens is 316 g/mol. The summed E-state index contributed by atoms with van der Waals surface area (Å²) in [6.45, 7) is 11.5. The van der Waals surface area contributed by atoms with Gasteiger partial charge in [0.15, 0.2) is 0 Å². The highest BCUT2D eigenvalue weighted by Crippen LogP contribution is 2.65. The number of ether oxygens (including phenoxy) is 3. The first kappa shape index (κ1) is 18.7. The van der Waals surface area contributed by atoms with Crippen LogP contribution < -0.4 is 0 Å². The van der Waals surface area contributed by atoms with Gasteiger partial charge in [-0.25, -0.2) is 0 Å². The Morgan fingerprint density at radius 2 is 1.84 bits per heavy atom. The van der Waals surface area contributed by atoms with Gasteiger partial charge in [0, 0.05) is 18.4 Å². The van der Waals surface area contributed by atoms with Crippen molar-refractivity contribution >= 4 is 5.97 Å². The van der Waals surface area contributed by atoms with Crippen LogP contribution in [-0.2, 0) is 19.0 Å². The van der Waals surface area contributed by atoms with Crippen molar-refractivity contribution in [3.05, 3.63) is 23.3 Å². The maximum atomic E-state index is 12.9. The van der Waals surface area contributed by atoms with Crippen LogP contribution in [0, 0.1) is 34.5 Å². The van der Waals surface area contributed by atoms with Crippen LogP contribution >= 0.6 is 0 Å². The van der Waals surface area contributed by atoms with Crippen molar-refractivity contribution in [1.29, 1.82) is 0 Å². The molecule has 4 bridgehead atoms. The zero-order valence-electron chi connectivity index (χ0n) is 16.6. The average molecular weight is 348 g/mol. The van der Waals surface area contributed by atoms with E-state index in [1.807, 2.05) is 0 Å². The summed E-state index contributed by atoms with van der Waals surface area (Å²) < 4.78 is 16.6. The van der Waals surface area contributed by atoms with Gasteiger partial charge >= 0.3 is 5.97 Å². The third kappa shape index (κ3) is 2.60. The average Bonchev–Trinajstić information content (AvgIpc) is 2.85. The molecule has 0 aliphatic heterocycles. The highest BCUT2D eigenvalue weighted by Gasteiger charge is 2.64. The van der Waals surface area contributed by atoms with Gasteiger partial charge < -0.3 is 14.2 Å². The second kappa shape index (κ2) is 6.24. The molecule has 1 fully saturated rings. The summed E-state index contributed by atoms with van der Waals surface area (Å²) in [6.07, 6.45) is 5.56. The van der Waals surface area contributed by atoms with Crippen LogP contribution in [0.2, 0.25) is 0 Å². The summed E-state index contributed by atoms with van der Waals surface area (Å²) in [5.74, 6) is 0.532. The predicted molar refractivity (Wildman–Crippen MR) is 96.7 cm³/mol. The van der Waals surface area contributed by atoms with Crippen LogP contribution in [0.3, 0.4) is 0 Å². The first-order valence-electron chi connectivity index (χ1n) is 9.26. The van der Waals surface area contributed by atoms with Crippen LogP contribution in [0.1, 0.15) is 41.0 Å². The Morgan fingerprint density at radius 3 is 2.44 bits per heavy atom. The Labute approximate surface area is 151 Å². The quantitative estimate of drug-likeness (QED) is 0.438. The number of carbonyl (C=O) groups excluding carboxylic acids is 1. The Morgan fingerprint density at radius 1 is 1.20 bits per heavy atom. The van der Waals surface area contributed by atoms with Crippen molar-refractivity contribution in [2.75, 3.05) is 21.0 Å². The van der Waals surface area contributed by atoms with E-state index in [0.29, 0.717) is 11.8 Å². The number of allylic oxidation sites excluding steroid dienone is 4. The van der Waals surface area contributed by atoms with E-state index >= 15 is 0 Å². The lowest BCUT2D eigenvalue weighted by atomic mass is 9.52. The van der Waals surface area contributed by atoms with Gasteiger partial charge in [-0.1, -0.05) is 44.1 Å². The number of methoxy groups -OCH3 is 2. The van der Waals surface area contributed by atoms with Crippen LogP contribution in [0.15, 0.2) is 23.3 Å². The van der Waals surface area contributed by atoms with Gasteiger partial charge in [-0.15, -0.1) is 0 Å². The van der Waals surface area contributed by atoms with Gasteiger partial charge in [-0.3, -0.25) is 4.79 Å². The topological polar surface area (TPSA) is 44.8 Å². The molecule has 7 atom stereocenters. The molecular formula is C21H32O4. The molecule has 0 amide bonds. The molecule has 0 N–H and O–H groups in total. The minimum absolute atomic E-state index is 0.00350. The molecule has 4 heteroatoms. The number of carbonyl (C=O) groups is 1.